The van der Waals surface area contributed by atoms with Crippen molar-refractivity contribution in [2.75, 3.05) is 11.0 Å². The quantitative estimate of drug-likeness (QED) is 0.744. The Kier molecular flexibility index (Phi) is 4.53. The van der Waals surface area contributed by atoms with E-state index in [9.17, 15) is 5.26 Å². The van der Waals surface area contributed by atoms with Crippen LogP contribution in [0.2, 0.25) is 0 Å². The molecule has 2 aromatic rings. The standard InChI is InChI=1S/C21H22N2OS/c1-13-6-7-15(10-14(13)2)20-17-9-8-16(23-25-5)11-19(17)24-21(3,4)18(20)12-22/h6-11,23H,1-5H3. The van der Waals surface area contributed by atoms with E-state index in [1.807, 2.05) is 38.3 Å². The summed E-state index contributed by atoms with van der Waals surface area (Å²) in [6.45, 7) is 8.09. The number of anilines is 1. The zero-order chi connectivity index (χ0) is 18.2. The maximum Gasteiger partial charge on any atom is 0.139 e. The van der Waals surface area contributed by atoms with Gasteiger partial charge in [0.25, 0.3) is 0 Å². The third kappa shape index (κ3) is 3.12. The normalized spacial score (nSPS) is 15.2. The summed E-state index contributed by atoms with van der Waals surface area (Å²) in [7, 11) is 0. The molecular weight excluding hydrogens is 328 g/mol. The van der Waals surface area contributed by atoms with Crippen molar-refractivity contribution in [2.45, 2.75) is 33.3 Å². The van der Waals surface area contributed by atoms with Crippen LogP contribution in [0.15, 0.2) is 42.0 Å². The van der Waals surface area contributed by atoms with Gasteiger partial charge in [0.05, 0.1) is 11.6 Å². The minimum atomic E-state index is -0.673. The predicted molar refractivity (Wildman–Crippen MR) is 106 cm³/mol. The Balaban J connectivity index is 2.27. The number of hydrogen-bond acceptors (Lipinski definition) is 4. The number of rotatable bonds is 3. The molecule has 0 radical (unpaired) electrons. The number of nitrogens with zero attached hydrogens (tertiary/aromatic N) is 1. The van der Waals surface area contributed by atoms with E-state index in [4.69, 9.17) is 4.74 Å². The van der Waals surface area contributed by atoms with E-state index in [-0.39, 0.29) is 0 Å². The molecule has 0 atom stereocenters. The lowest BCUT2D eigenvalue weighted by molar-refractivity contribution is 0.149. The highest BCUT2D eigenvalue weighted by Crippen LogP contribution is 2.45. The molecule has 128 valence electrons. The number of nitrogens with one attached hydrogen (secondary N) is 1. The molecule has 4 heteroatoms. The van der Waals surface area contributed by atoms with Crippen molar-refractivity contribution in [1.82, 2.24) is 0 Å². The fraction of sp³-hybridized carbons (Fsp3) is 0.286. The number of benzene rings is 2. The number of fused-ring (bicyclic) bond motifs is 1. The summed E-state index contributed by atoms with van der Waals surface area (Å²) in [5.41, 5.74) is 6.42. The van der Waals surface area contributed by atoms with Crippen LogP contribution in [-0.2, 0) is 0 Å². The van der Waals surface area contributed by atoms with E-state index in [0.29, 0.717) is 5.57 Å². The first kappa shape index (κ1) is 17.4. The Labute approximate surface area is 153 Å². The van der Waals surface area contributed by atoms with Crippen molar-refractivity contribution >= 4 is 23.2 Å². The van der Waals surface area contributed by atoms with E-state index in [0.717, 1.165) is 28.1 Å². The highest BCUT2D eigenvalue weighted by atomic mass is 32.2. The largest absolute Gasteiger partial charge is 0.482 e. The van der Waals surface area contributed by atoms with Gasteiger partial charge in [0.2, 0.25) is 0 Å². The number of ether oxygens (including phenoxy) is 1. The van der Waals surface area contributed by atoms with Gasteiger partial charge in [0, 0.05) is 29.1 Å². The topological polar surface area (TPSA) is 45.0 Å². The lowest BCUT2D eigenvalue weighted by atomic mass is 9.82. The van der Waals surface area contributed by atoms with Crippen molar-refractivity contribution < 1.29 is 4.74 Å². The zero-order valence-corrected chi connectivity index (χ0v) is 16.0. The molecule has 0 aromatic heterocycles. The monoisotopic (exact) mass is 350 g/mol. The fourth-order valence-electron chi connectivity index (χ4n) is 3.14. The predicted octanol–water partition coefficient (Wildman–Crippen LogP) is 5.49. The second kappa shape index (κ2) is 6.50. The van der Waals surface area contributed by atoms with Crippen LogP contribution in [0.25, 0.3) is 5.57 Å². The van der Waals surface area contributed by atoms with E-state index < -0.39 is 5.60 Å². The Morgan fingerprint density at radius 3 is 2.48 bits per heavy atom. The van der Waals surface area contributed by atoms with E-state index in [2.05, 4.69) is 42.8 Å². The third-order valence-electron chi connectivity index (χ3n) is 4.60. The molecular formula is C21H22N2OS. The Bertz CT molecular complexity index is 907. The molecule has 0 amide bonds. The molecule has 0 fully saturated rings. The van der Waals surface area contributed by atoms with Crippen LogP contribution in [0, 0.1) is 25.2 Å². The second-order valence-electron chi connectivity index (χ2n) is 6.79. The average Bonchev–Trinajstić information content (AvgIpc) is 2.55. The summed E-state index contributed by atoms with van der Waals surface area (Å²) in [4.78, 5) is 0. The highest BCUT2D eigenvalue weighted by Gasteiger charge is 2.36. The van der Waals surface area contributed by atoms with Crippen molar-refractivity contribution in [3.63, 3.8) is 0 Å². The highest BCUT2D eigenvalue weighted by molar-refractivity contribution is 7.99. The van der Waals surface area contributed by atoms with Gasteiger partial charge in [-0.3, -0.25) is 0 Å². The molecule has 3 nitrogen and oxygen atoms in total. The van der Waals surface area contributed by atoms with Crippen molar-refractivity contribution in [2.24, 2.45) is 0 Å². The second-order valence-corrected chi connectivity index (χ2v) is 7.40. The average molecular weight is 350 g/mol. The van der Waals surface area contributed by atoms with Gasteiger partial charge in [-0.15, -0.1) is 0 Å². The van der Waals surface area contributed by atoms with Crippen LogP contribution in [0.1, 0.15) is 36.1 Å². The van der Waals surface area contributed by atoms with Crippen LogP contribution in [0.4, 0.5) is 5.69 Å². The molecule has 0 saturated heterocycles. The lowest BCUT2D eigenvalue weighted by Gasteiger charge is -2.34. The van der Waals surface area contributed by atoms with E-state index in [1.54, 1.807) is 11.9 Å². The maximum absolute atomic E-state index is 9.84. The summed E-state index contributed by atoms with van der Waals surface area (Å²) >= 11 is 1.54. The van der Waals surface area contributed by atoms with Gasteiger partial charge in [-0.2, -0.15) is 5.26 Å². The van der Waals surface area contributed by atoms with Gasteiger partial charge in [-0.1, -0.05) is 30.1 Å². The molecule has 2 aromatic carbocycles. The smallest absolute Gasteiger partial charge is 0.139 e. The SMILES string of the molecule is CSNc1ccc2c(c1)OC(C)(C)C(C#N)=C2c1ccc(C)c(C)c1. The molecule has 1 aliphatic heterocycles. The Morgan fingerprint density at radius 2 is 1.84 bits per heavy atom. The molecule has 0 aliphatic carbocycles. The van der Waals surface area contributed by atoms with Crippen LogP contribution < -0.4 is 9.46 Å². The molecule has 0 bridgehead atoms. The molecule has 3 rings (SSSR count). The van der Waals surface area contributed by atoms with Gasteiger partial charge in [-0.05, 0) is 56.5 Å². The van der Waals surface area contributed by atoms with Crippen LogP contribution >= 0.6 is 11.9 Å². The first-order valence-corrected chi connectivity index (χ1v) is 9.45. The number of nitriles is 1. The Hall–Kier alpha value is -2.38. The van der Waals surface area contributed by atoms with Gasteiger partial charge >= 0.3 is 0 Å². The van der Waals surface area contributed by atoms with Crippen molar-refractivity contribution in [1.29, 1.82) is 5.26 Å². The fourth-order valence-corrected chi connectivity index (χ4v) is 3.51. The molecule has 1 aliphatic rings. The molecule has 1 heterocycles. The first-order valence-electron chi connectivity index (χ1n) is 8.22. The van der Waals surface area contributed by atoms with Crippen LogP contribution in [0.5, 0.6) is 5.75 Å². The van der Waals surface area contributed by atoms with Gasteiger partial charge in [0.1, 0.15) is 11.4 Å². The third-order valence-corrected chi connectivity index (χ3v) is 5.04. The molecule has 1 N–H and O–H groups in total. The van der Waals surface area contributed by atoms with Crippen LogP contribution in [0.3, 0.4) is 0 Å². The van der Waals surface area contributed by atoms with E-state index >= 15 is 0 Å². The van der Waals surface area contributed by atoms with Gasteiger partial charge < -0.3 is 9.46 Å². The van der Waals surface area contributed by atoms with Gasteiger partial charge in [0.15, 0.2) is 0 Å². The number of aryl methyl sites for hydroxylation is 2. The Morgan fingerprint density at radius 1 is 1.08 bits per heavy atom. The summed E-state index contributed by atoms with van der Waals surface area (Å²) in [6, 6.07) is 14.8. The zero-order valence-electron chi connectivity index (χ0n) is 15.2. The minimum absolute atomic E-state index is 0.661. The minimum Gasteiger partial charge on any atom is -0.482 e. The number of hydrogen-bond donors (Lipinski definition) is 1. The molecule has 0 unspecified atom stereocenters. The maximum atomic E-state index is 9.84. The van der Waals surface area contributed by atoms with E-state index in [1.165, 1.54) is 11.1 Å². The van der Waals surface area contributed by atoms with Gasteiger partial charge in [-0.25, -0.2) is 0 Å². The molecule has 0 spiro atoms. The van der Waals surface area contributed by atoms with Crippen molar-refractivity contribution in [3.05, 3.63) is 64.2 Å². The van der Waals surface area contributed by atoms with Crippen LogP contribution in [-0.4, -0.2) is 11.9 Å². The molecule has 0 saturated carbocycles. The van der Waals surface area contributed by atoms with Crippen molar-refractivity contribution in [3.8, 4) is 11.8 Å². The molecule has 25 heavy (non-hydrogen) atoms. The lowest BCUT2D eigenvalue weighted by Crippen LogP contribution is -2.34. The first-order chi connectivity index (χ1) is 11.9. The summed E-state index contributed by atoms with van der Waals surface area (Å²) in [5.74, 6) is 0.802. The summed E-state index contributed by atoms with van der Waals surface area (Å²) < 4.78 is 9.42. The summed E-state index contributed by atoms with van der Waals surface area (Å²) in [6.07, 6.45) is 1.98. The summed E-state index contributed by atoms with van der Waals surface area (Å²) in [5, 5.41) is 9.84.